The van der Waals surface area contributed by atoms with Crippen LogP contribution in [-0.4, -0.2) is 6.54 Å². The molecule has 0 atom stereocenters. The van der Waals surface area contributed by atoms with Gasteiger partial charge in [-0.05, 0) is 25.0 Å². The molecule has 1 aromatic rings. The Morgan fingerprint density at radius 2 is 2.00 bits per heavy atom. The van der Waals surface area contributed by atoms with Gasteiger partial charge in [0.15, 0.2) is 0 Å². The zero-order valence-electron chi connectivity index (χ0n) is 8.33. The SMILES string of the molecule is CCCCN=Nc1ccccc1C. The molecule has 0 spiro atoms. The molecule has 0 saturated carbocycles. The van der Waals surface area contributed by atoms with Crippen LogP contribution in [0.5, 0.6) is 0 Å². The summed E-state index contributed by atoms with van der Waals surface area (Å²) in [6.07, 6.45) is 2.29. The third kappa shape index (κ3) is 3.36. The number of rotatable bonds is 4. The lowest BCUT2D eigenvalue weighted by Gasteiger charge is -1.96. The largest absolute Gasteiger partial charge is 0.189 e. The van der Waals surface area contributed by atoms with Gasteiger partial charge in [0.1, 0.15) is 0 Å². The summed E-state index contributed by atoms with van der Waals surface area (Å²) in [5.74, 6) is 0. The van der Waals surface area contributed by atoms with Crippen molar-refractivity contribution in [2.75, 3.05) is 6.54 Å². The number of unbranched alkanes of at least 4 members (excludes halogenated alkanes) is 1. The van der Waals surface area contributed by atoms with Gasteiger partial charge in [0, 0.05) is 0 Å². The predicted molar refractivity (Wildman–Crippen MR) is 55.5 cm³/mol. The fourth-order valence-electron chi connectivity index (χ4n) is 1.03. The second kappa shape index (κ2) is 5.46. The molecular weight excluding hydrogens is 160 g/mol. The van der Waals surface area contributed by atoms with Crippen LogP contribution in [0.15, 0.2) is 34.5 Å². The van der Waals surface area contributed by atoms with Gasteiger partial charge in [-0.15, -0.1) is 0 Å². The zero-order chi connectivity index (χ0) is 9.52. The number of hydrogen-bond acceptors (Lipinski definition) is 2. The molecule has 1 aromatic carbocycles. The minimum atomic E-state index is 0.838. The maximum Gasteiger partial charge on any atom is 0.0881 e. The average molecular weight is 176 g/mol. The molecule has 0 heterocycles. The molecule has 70 valence electrons. The topological polar surface area (TPSA) is 24.7 Å². The highest BCUT2D eigenvalue weighted by Crippen LogP contribution is 2.17. The van der Waals surface area contributed by atoms with E-state index in [2.05, 4.69) is 17.2 Å². The van der Waals surface area contributed by atoms with Crippen LogP contribution in [-0.2, 0) is 0 Å². The zero-order valence-corrected chi connectivity index (χ0v) is 8.33. The minimum absolute atomic E-state index is 0.838. The van der Waals surface area contributed by atoms with Gasteiger partial charge in [0.2, 0.25) is 0 Å². The van der Waals surface area contributed by atoms with E-state index in [1.165, 1.54) is 12.0 Å². The molecule has 0 amide bonds. The van der Waals surface area contributed by atoms with Crippen molar-refractivity contribution >= 4 is 5.69 Å². The first-order valence-electron chi connectivity index (χ1n) is 4.77. The molecule has 0 aliphatic rings. The highest BCUT2D eigenvalue weighted by atomic mass is 15.1. The second-order valence-electron chi connectivity index (χ2n) is 3.11. The summed E-state index contributed by atoms with van der Waals surface area (Å²) >= 11 is 0. The van der Waals surface area contributed by atoms with Crippen LogP contribution in [0.4, 0.5) is 5.69 Å². The minimum Gasteiger partial charge on any atom is -0.189 e. The molecule has 1 rings (SSSR count). The lowest BCUT2D eigenvalue weighted by atomic mass is 10.2. The van der Waals surface area contributed by atoms with Gasteiger partial charge in [-0.2, -0.15) is 10.2 Å². The molecule has 13 heavy (non-hydrogen) atoms. The van der Waals surface area contributed by atoms with E-state index in [1.807, 2.05) is 31.2 Å². The van der Waals surface area contributed by atoms with E-state index >= 15 is 0 Å². The third-order valence-corrected chi connectivity index (χ3v) is 1.91. The van der Waals surface area contributed by atoms with E-state index in [0.717, 1.165) is 18.7 Å². The molecule has 0 aromatic heterocycles. The van der Waals surface area contributed by atoms with E-state index in [9.17, 15) is 0 Å². The predicted octanol–water partition coefficient (Wildman–Crippen LogP) is 3.88. The summed E-state index contributed by atoms with van der Waals surface area (Å²) in [5, 5.41) is 8.29. The van der Waals surface area contributed by atoms with Gasteiger partial charge in [0.25, 0.3) is 0 Å². The summed E-state index contributed by atoms with van der Waals surface area (Å²) in [6.45, 7) is 5.04. The Morgan fingerprint density at radius 1 is 1.23 bits per heavy atom. The van der Waals surface area contributed by atoms with Gasteiger partial charge in [-0.1, -0.05) is 31.5 Å². The highest BCUT2D eigenvalue weighted by Gasteiger charge is 1.91. The monoisotopic (exact) mass is 176 g/mol. The molecule has 0 aliphatic heterocycles. The van der Waals surface area contributed by atoms with Crippen molar-refractivity contribution in [3.63, 3.8) is 0 Å². The smallest absolute Gasteiger partial charge is 0.0881 e. The van der Waals surface area contributed by atoms with Crippen LogP contribution >= 0.6 is 0 Å². The van der Waals surface area contributed by atoms with Gasteiger partial charge in [-0.3, -0.25) is 0 Å². The number of benzene rings is 1. The summed E-state index contributed by atoms with van der Waals surface area (Å²) in [5.41, 5.74) is 2.17. The Morgan fingerprint density at radius 3 is 2.69 bits per heavy atom. The molecule has 2 heteroatoms. The Balaban J connectivity index is 2.53. The van der Waals surface area contributed by atoms with Crippen molar-refractivity contribution in [1.29, 1.82) is 0 Å². The first-order valence-corrected chi connectivity index (χ1v) is 4.77. The number of nitrogens with zero attached hydrogens (tertiary/aromatic N) is 2. The van der Waals surface area contributed by atoms with Crippen molar-refractivity contribution in [3.8, 4) is 0 Å². The van der Waals surface area contributed by atoms with E-state index in [-0.39, 0.29) is 0 Å². The lowest BCUT2D eigenvalue weighted by molar-refractivity contribution is 0.780. The first-order chi connectivity index (χ1) is 6.34. The molecule has 0 aliphatic carbocycles. The molecule has 2 nitrogen and oxygen atoms in total. The van der Waals surface area contributed by atoms with Gasteiger partial charge in [0.05, 0.1) is 12.2 Å². The highest BCUT2D eigenvalue weighted by molar-refractivity contribution is 5.43. The number of hydrogen-bond donors (Lipinski definition) is 0. The van der Waals surface area contributed by atoms with E-state index in [1.54, 1.807) is 0 Å². The maximum absolute atomic E-state index is 4.17. The quantitative estimate of drug-likeness (QED) is 0.491. The lowest BCUT2D eigenvalue weighted by Crippen LogP contribution is -1.76. The molecule has 0 N–H and O–H groups in total. The molecule has 0 bridgehead atoms. The normalized spacial score (nSPS) is 10.9. The molecule has 0 saturated heterocycles. The van der Waals surface area contributed by atoms with Crippen molar-refractivity contribution in [1.82, 2.24) is 0 Å². The van der Waals surface area contributed by atoms with Crippen LogP contribution in [0.2, 0.25) is 0 Å². The van der Waals surface area contributed by atoms with Gasteiger partial charge < -0.3 is 0 Å². The molecule has 0 radical (unpaired) electrons. The van der Waals surface area contributed by atoms with E-state index in [4.69, 9.17) is 0 Å². The van der Waals surface area contributed by atoms with Crippen LogP contribution in [0.25, 0.3) is 0 Å². The van der Waals surface area contributed by atoms with Crippen LogP contribution in [0.3, 0.4) is 0 Å². The summed E-state index contributed by atoms with van der Waals surface area (Å²) in [7, 11) is 0. The Kier molecular flexibility index (Phi) is 4.16. The van der Waals surface area contributed by atoms with Crippen LogP contribution in [0, 0.1) is 6.92 Å². The summed E-state index contributed by atoms with van der Waals surface area (Å²) in [4.78, 5) is 0. The Bertz CT molecular complexity index is 279. The van der Waals surface area contributed by atoms with E-state index < -0.39 is 0 Å². The van der Waals surface area contributed by atoms with Crippen molar-refractivity contribution in [3.05, 3.63) is 29.8 Å². The van der Waals surface area contributed by atoms with Crippen molar-refractivity contribution < 1.29 is 0 Å². The van der Waals surface area contributed by atoms with Crippen LogP contribution in [0.1, 0.15) is 25.3 Å². The summed E-state index contributed by atoms with van der Waals surface area (Å²) < 4.78 is 0. The standard InChI is InChI=1S/C11H16N2/c1-3-4-9-12-13-11-8-6-5-7-10(11)2/h5-8H,3-4,9H2,1-2H3. The average Bonchev–Trinajstić information content (AvgIpc) is 2.15. The van der Waals surface area contributed by atoms with Gasteiger partial charge >= 0.3 is 0 Å². The molecule has 0 unspecified atom stereocenters. The third-order valence-electron chi connectivity index (χ3n) is 1.91. The number of aryl methyl sites for hydroxylation is 1. The second-order valence-corrected chi connectivity index (χ2v) is 3.11. The fraction of sp³-hybridized carbons (Fsp3) is 0.455. The van der Waals surface area contributed by atoms with Crippen molar-refractivity contribution in [2.24, 2.45) is 10.2 Å². The summed E-state index contributed by atoms with van der Waals surface area (Å²) in [6, 6.07) is 8.04. The van der Waals surface area contributed by atoms with Gasteiger partial charge in [-0.25, -0.2) is 0 Å². The fourth-order valence-corrected chi connectivity index (χ4v) is 1.03. The van der Waals surface area contributed by atoms with E-state index in [0.29, 0.717) is 0 Å². The first kappa shape index (κ1) is 9.90. The van der Waals surface area contributed by atoms with Crippen LogP contribution < -0.4 is 0 Å². The Labute approximate surface area is 79.7 Å². The Hall–Kier alpha value is -1.18. The molecule has 0 fully saturated rings. The maximum atomic E-state index is 4.17. The van der Waals surface area contributed by atoms with Crippen molar-refractivity contribution in [2.45, 2.75) is 26.7 Å². The molecular formula is C11H16N2. The number of azo groups is 1.